The predicted octanol–water partition coefficient (Wildman–Crippen LogP) is 0.270. The third-order valence-electron chi connectivity index (χ3n) is 3.42. The number of aliphatic hydroxyl groups is 2. The summed E-state index contributed by atoms with van der Waals surface area (Å²) in [6.45, 7) is 1.25. The van der Waals surface area contributed by atoms with E-state index in [1.807, 2.05) is 0 Å². The number of carbonyl (C=O) groups is 1. The van der Waals surface area contributed by atoms with Gasteiger partial charge in [-0.25, -0.2) is 4.98 Å². The number of amides is 1. The molecule has 0 spiro atoms. The van der Waals surface area contributed by atoms with Crippen molar-refractivity contribution in [3.05, 3.63) is 29.6 Å². The predicted molar refractivity (Wildman–Crippen MR) is 73.9 cm³/mol. The highest BCUT2D eigenvalue weighted by atomic mass is 16.3. The molecule has 1 saturated heterocycles. The Morgan fingerprint density at radius 1 is 1.50 bits per heavy atom. The summed E-state index contributed by atoms with van der Waals surface area (Å²) in [7, 11) is 0. The van der Waals surface area contributed by atoms with E-state index in [9.17, 15) is 4.79 Å². The SMILES string of the molecule is O=C(c1ncccc1C#CCO)N1CCC(CCO)C1. The molecule has 2 N–H and O–H groups in total. The quantitative estimate of drug-likeness (QED) is 0.776. The van der Waals surface area contributed by atoms with E-state index in [1.165, 1.54) is 0 Å². The summed E-state index contributed by atoms with van der Waals surface area (Å²) in [6.07, 6.45) is 3.21. The highest BCUT2D eigenvalue weighted by Gasteiger charge is 2.28. The van der Waals surface area contributed by atoms with Crippen LogP contribution >= 0.6 is 0 Å². The van der Waals surface area contributed by atoms with E-state index in [0.29, 0.717) is 30.3 Å². The molecule has 1 atom stereocenters. The Bertz CT molecular complexity index is 533. The van der Waals surface area contributed by atoms with Crippen LogP contribution in [-0.2, 0) is 0 Å². The topological polar surface area (TPSA) is 73.7 Å². The fourth-order valence-corrected chi connectivity index (χ4v) is 2.40. The molecule has 0 aliphatic carbocycles. The van der Waals surface area contributed by atoms with Crippen molar-refractivity contribution in [1.29, 1.82) is 0 Å². The Labute approximate surface area is 118 Å². The summed E-state index contributed by atoms with van der Waals surface area (Å²) in [6, 6.07) is 3.45. The van der Waals surface area contributed by atoms with Gasteiger partial charge in [0.25, 0.3) is 5.91 Å². The number of aliphatic hydroxyl groups excluding tert-OH is 2. The average Bonchev–Trinajstić information content (AvgIpc) is 2.94. The van der Waals surface area contributed by atoms with Crippen molar-refractivity contribution < 1.29 is 15.0 Å². The molecule has 2 heterocycles. The van der Waals surface area contributed by atoms with Crippen LogP contribution in [0.3, 0.4) is 0 Å². The lowest BCUT2D eigenvalue weighted by Gasteiger charge is -2.16. The zero-order valence-corrected chi connectivity index (χ0v) is 11.2. The number of pyridine rings is 1. The monoisotopic (exact) mass is 274 g/mol. The third-order valence-corrected chi connectivity index (χ3v) is 3.42. The maximum atomic E-state index is 12.5. The van der Waals surface area contributed by atoms with Gasteiger partial charge in [0.1, 0.15) is 12.3 Å². The number of nitrogens with zero attached hydrogens (tertiary/aromatic N) is 2. The number of hydrogen-bond donors (Lipinski definition) is 2. The van der Waals surface area contributed by atoms with Crippen LogP contribution in [0.2, 0.25) is 0 Å². The molecule has 2 rings (SSSR count). The second kappa shape index (κ2) is 7.04. The van der Waals surface area contributed by atoms with Gasteiger partial charge in [-0.15, -0.1) is 0 Å². The fraction of sp³-hybridized carbons (Fsp3) is 0.467. The zero-order chi connectivity index (χ0) is 14.4. The molecule has 0 radical (unpaired) electrons. The molecule has 1 aromatic heterocycles. The van der Waals surface area contributed by atoms with Gasteiger partial charge < -0.3 is 15.1 Å². The summed E-state index contributed by atoms with van der Waals surface area (Å²) in [5, 5.41) is 17.7. The third kappa shape index (κ3) is 3.35. The first-order valence-corrected chi connectivity index (χ1v) is 6.71. The Balaban J connectivity index is 2.14. The summed E-state index contributed by atoms with van der Waals surface area (Å²) in [5.41, 5.74) is 0.871. The lowest BCUT2D eigenvalue weighted by molar-refractivity contribution is 0.0778. The Morgan fingerprint density at radius 3 is 3.10 bits per heavy atom. The molecule has 1 aromatic rings. The second-order valence-corrected chi connectivity index (χ2v) is 4.78. The summed E-state index contributed by atoms with van der Waals surface area (Å²) >= 11 is 0. The van der Waals surface area contributed by atoms with Crippen molar-refractivity contribution in [1.82, 2.24) is 9.88 Å². The first kappa shape index (κ1) is 14.5. The van der Waals surface area contributed by atoms with E-state index in [2.05, 4.69) is 16.8 Å². The molecule has 0 aromatic carbocycles. The van der Waals surface area contributed by atoms with E-state index < -0.39 is 0 Å². The molecule has 5 heteroatoms. The maximum absolute atomic E-state index is 12.5. The number of aromatic nitrogens is 1. The first-order chi connectivity index (χ1) is 9.76. The van der Waals surface area contributed by atoms with Crippen molar-refractivity contribution in [2.75, 3.05) is 26.3 Å². The average molecular weight is 274 g/mol. The molecule has 1 fully saturated rings. The van der Waals surface area contributed by atoms with E-state index >= 15 is 0 Å². The Hall–Kier alpha value is -1.90. The summed E-state index contributed by atoms with van der Waals surface area (Å²) in [4.78, 5) is 18.3. The molecule has 106 valence electrons. The molecule has 5 nitrogen and oxygen atoms in total. The van der Waals surface area contributed by atoms with Crippen LogP contribution in [0.25, 0.3) is 0 Å². The van der Waals surface area contributed by atoms with Gasteiger partial charge in [0.05, 0.1) is 5.56 Å². The first-order valence-electron chi connectivity index (χ1n) is 6.71. The summed E-state index contributed by atoms with van der Waals surface area (Å²) in [5.74, 6) is 5.52. The highest BCUT2D eigenvalue weighted by molar-refractivity contribution is 5.94. The Kier molecular flexibility index (Phi) is 5.10. The zero-order valence-electron chi connectivity index (χ0n) is 11.2. The minimum atomic E-state index is -0.245. The molecule has 0 saturated carbocycles. The van der Waals surface area contributed by atoms with Crippen molar-refractivity contribution in [3.8, 4) is 11.8 Å². The second-order valence-electron chi connectivity index (χ2n) is 4.78. The van der Waals surface area contributed by atoms with Crippen LogP contribution in [0.4, 0.5) is 0 Å². The van der Waals surface area contributed by atoms with Crippen LogP contribution in [0.1, 0.15) is 28.9 Å². The van der Waals surface area contributed by atoms with Crippen LogP contribution in [-0.4, -0.2) is 52.3 Å². The number of rotatable bonds is 3. The fourth-order valence-electron chi connectivity index (χ4n) is 2.40. The molecule has 0 bridgehead atoms. The standard InChI is InChI=1S/C15H18N2O3/c18-9-2-4-13-3-1-7-16-14(13)15(20)17-8-5-12(11-17)6-10-19/h1,3,7,12,18-19H,5-6,8-11H2. The van der Waals surface area contributed by atoms with Crippen molar-refractivity contribution >= 4 is 5.91 Å². The minimum Gasteiger partial charge on any atom is -0.396 e. The lowest BCUT2D eigenvalue weighted by Crippen LogP contribution is -2.30. The van der Waals surface area contributed by atoms with Gasteiger partial charge in [-0.1, -0.05) is 11.8 Å². The van der Waals surface area contributed by atoms with Gasteiger partial charge in [-0.2, -0.15) is 0 Å². The number of carbonyl (C=O) groups excluding carboxylic acids is 1. The van der Waals surface area contributed by atoms with Gasteiger partial charge in [0.15, 0.2) is 0 Å². The Morgan fingerprint density at radius 2 is 2.35 bits per heavy atom. The van der Waals surface area contributed by atoms with Crippen LogP contribution in [0.15, 0.2) is 18.3 Å². The smallest absolute Gasteiger partial charge is 0.273 e. The van der Waals surface area contributed by atoms with Gasteiger partial charge >= 0.3 is 0 Å². The van der Waals surface area contributed by atoms with Crippen molar-refractivity contribution in [2.24, 2.45) is 5.92 Å². The van der Waals surface area contributed by atoms with Gasteiger partial charge in [0, 0.05) is 25.9 Å². The van der Waals surface area contributed by atoms with E-state index in [4.69, 9.17) is 10.2 Å². The van der Waals surface area contributed by atoms with Gasteiger partial charge in [-0.05, 0) is 30.9 Å². The van der Waals surface area contributed by atoms with Crippen LogP contribution in [0, 0.1) is 17.8 Å². The molecular formula is C15H18N2O3. The molecule has 20 heavy (non-hydrogen) atoms. The van der Waals surface area contributed by atoms with Crippen molar-refractivity contribution in [2.45, 2.75) is 12.8 Å². The van der Waals surface area contributed by atoms with E-state index in [-0.39, 0.29) is 19.1 Å². The molecule has 1 aliphatic rings. The number of likely N-dealkylation sites (tertiary alicyclic amines) is 1. The van der Waals surface area contributed by atoms with E-state index in [0.717, 1.165) is 12.8 Å². The molecule has 1 amide bonds. The number of hydrogen-bond acceptors (Lipinski definition) is 4. The van der Waals surface area contributed by atoms with Gasteiger partial charge in [0.2, 0.25) is 0 Å². The van der Waals surface area contributed by atoms with Crippen LogP contribution < -0.4 is 0 Å². The molecular weight excluding hydrogens is 256 g/mol. The van der Waals surface area contributed by atoms with Crippen LogP contribution in [0.5, 0.6) is 0 Å². The minimum absolute atomic E-state index is 0.131. The highest BCUT2D eigenvalue weighted by Crippen LogP contribution is 2.21. The van der Waals surface area contributed by atoms with E-state index in [1.54, 1.807) is 23.2 Å². The normalized spacial score (nSPS) is 17.7. The lowest BCUT2D eigenvalue weighted by atomic mass is 10.1. The van der Waals surface area contributed by atoms with Crippen molar-refractivity contribution in [3.63, 3.8) is 0 Å². The summed E-state index contributed by atoms with van der Waals surface area (Å²) < 4.78 is 0. The van der Waals surface area contributed by atoms with Gasteiger partial charge in [-0.3, -0.25) is 4.79 Å². The molecule has 1 aliphatic heterocycles. The maximum Gasteiger partial charge on any atom is 0.273 e. The molecule has 1 unspecified atom stereocenters. The largest absolute Gasteiger partial charge is 0.396 e.